The molecule has 0 aliphatic heterocycles. The van der Waals surface area contributed by atoms with Gasteiger partial charge in [-0.25, -0.2) is 4.39 Å². The second-order valence-corrected chi connectivity index (χ2v) is 3.01. The highest BCUT2D eigenvalue weighted by molar-refractivity contribution is 7.80. The van der Waals surface area contributed by atoms with Crippen LogP contribution >= 0.6 is 12.2 Å². The second-order valence-electron chi connectivity index (χ2n) is 2.57. The van der Waals surface area contributed by atoms with Crippen LogP contribution in [0.4, 0.5) is 4.39 Å². The van der Waals surface area contributed by atoms with Crippen LogP contribution < -0.4 is 15.8 Å². The summed E-state index contributed by atoms with van der Waals surface area (Å²) in [6.45, 7) is 0.780. The van der Waals surface area contributed by atoms with Gasteiger partial charge in [-0.1, -0.05) is 12.1 Å². The third-order valence-electron chi connectivity index (χ3n) is 1.50. The van der Waals surface area contributed by atoms with E-state index < -0.39 is 0 Å². The zero-order chi connectivity index (χ0) is 10.4. The molecule has 0 aliphatic carbocycles. The van der Waals surface area contributed by atoms with Crippen molar-refractivity contribution in [1.29, 1.82) is 0 Å². The van der Waals surface area contributed by atoms with Crippen molar-refractivity contribution in [2.24, 2.45) is 5.73 Å². The third-order valence-corrected chi connectivity index (χ3v) is 1.64. The van der Waals surface area contributed by atoms with E-state index in [-0.39, 0.29) is 16.7 Å². The quantitative estimate of drug-likeness (QED) is 0.580. The number of benzene rings is 1. The molecule has 0 aromatic heterocycles. The maximum Gasteiger partial charge on any atom is 0.165 e. The average molecular weight is 214 g/mol. The first kappa shape index (κ1) is 10.7. The van der Waals surface area contributed by atoms with Crippen LogP contribution in [-0.2, 0) is 0 Å². The molecule has 0 bridgehead atoms. The standard InChI is InChI=1S/C9H11FN2OS/c10-7-3-1-2-4-8(7)13-6-5-12-9(11)14/h1-4H,5-6H2,(H3,11,12,14). The summed E-state index contributed by atoms with van der Waals surface area (Å²) in [6.07, 6.45) is 0. The monoisotopic (exact) mass is 214 g/mol. The molecule has 0 fully saturated rings. The van der Waals surface area contributed by atoms with Crippen LogP contribution in [0.25, 0.3) is 0 Å². The van der Waals surface area contributed by atoms with E-state index in [1.807, 2.05) is 0 Å². The van der Waals surface area contributed by atoms with Gasteiger partial charge in [-0.05, 0) is 24.4 Å². The Morgan fingerprint density at radius 3 is 2.86 bits per heavy atom. The topological polar surface area (TPSA) is 47.3 Å². The van der Waals surface area contributed by atoms with Crippen molar-refractivity contribution in [3.63, 3.8) is 0 Å². The van der Waals surface area contributed by atoms with E-state index >= 15 is 0 Å². The lowest BCUT2D eigenvalue weighted by Crippen LogP contribution is -2.32. The molecule has 0 heterocycles. The minimum atomic E-state index is -0.372. The Kier molecular flexibility index (Phi) is 4.12. The molecule has 5 heteroatoms. The molecule has 0 saturated carbocycles. The van der Waals surface area contributed by atoms with Crippen LogP contribution in [0.15, 0.2) is 24.3 Å². The molecule has 3 N–H and O–H groups in total. The van der Waals surface area contributed by atoms with Gasteiger partial charge in [-0.3, -0.25) is 0 Å². The smallest absolute Gasteiger partial charge is 0.165 e. The van der Waals surface area contributed by atoms with Crippen molar-refractivity contribution in [3.8, 4) is 5.75 Å². The van der Waals surface area contributed by atoms with Crippen LogP contribution in [0.2, 0.25) is 0 Å². The predicted octanol–water partition coefficient (Wildman–Crippen LogP) is 1.04. The molecule has 3 nitrogen and oxygen atoms in total. The molecule has 0 saturated heterocycles. The fraction of sp³-hybridized carbons (Fsp3) is 0.222. The Hall–Kier alpha value is -1.36. The van der Waals surface area contributed by atoms with Crippen molar-refractivity contribution in [2.75, 3.05) is 13.2 Å². The number of nitrogens with one attached hydrogen (secondary N) is 1. The van der Waals surface area contributed by atoms with E-state index in [0.717, 1.165) is 0 Å². The van der Waals surface area contributed by atoms with Crippen molar-refractivity contribution in [1.82, 2.24) is 5.32 Å². The Morgan fingerprint density at radius 2 is 2.21 bits per heavy atom. The number of nitrogens with two attached hydrogens (primary N) is 1. The molecule has 1 rings (SSSR count). The van der Waals surface area contributed by atoms with E-state index in [1.165, 1.54) is 6.07 Å². The largest absolute Gasteiger partial charge is 0.489 e. The molecule has 0 aliphatic rings. The maximum absolute atomic E-state index is 13.0. The van der Waals surface area contributed by atoms with Gasteiger partial charge in [0.05, 0.1) is 6.54 Å². The first-order chi connectivity index (χ1) is 6.70. The molecule has 0 spiro atoms. The highest BCUT2D eigenvalue weighted by atomic mass is 32.1. The highest BCUT2D eigenvalue weighted by Gasteiger charge is 1.99. The van der Waals surface area contributed by atoms with Crippen molar-refractivity contribution in [2.45, 2.75) is 0 Å². The number of thiocarbonyl (C=S) groups is 1. The molecule has 1 aromatic rings. The van der Waals surface area contributed by atoms with E-state index in [1.54, 1.807) is 18.2 Å². The Morgan fingerprint density at radius 1 is 1.50 bits per heavy atom. The fourth-order valence-electron chi connectivity index (χ4n) is 0.897. The minimum absolute atomic E-state index is 0.210. The van der Waals surface area contributed by atoms with Crippen LogP contribution in [0.3, 0.4) is 0 Å². The first-order valence-corrected chi connectivity index (χ1v) is 4.51. The summed E-state index contributed by atoms with van der Waals surface area (Å²) in [5.74, 6) is -0.139. The van der Waals surface area contributed by atoms with Gasteiger partial charge in [-0.15, -0.1) is 0 Å². The normalized spacial score (nSPS) is 9.50. The number of hydrogen-bond acceptors (Lipinski definition) is 2. The second kappa shape index (κ2) is 5.39. The number of halogens is 1. The Bertz CT molecular complexity index is 319. The zero-order valence-electron chi connectivity index (χ0n) is 7.50. The molecule has 0 amide bonds. The first-order valence-electron chi connectivity index (χ1n) is 4.11. The van der Waals surface area contributed by atoms with Crippen LogP contribution in [0.5, 0.6) is 5.75 Å². The highest BCUT2D eigenvalue weighted by Crippen LogP contribution is 2.14. The Labute approximate surface area is 87.1 Å². The van der Waals surface area contributed by atoms with Gasteiger partial charge in [0.25, 0.3) is 0 Å². The summed E-state index contributed by atoms with van der Waals surface area (Å²) >= 11 is 4.59. The van der Waals surface area contributed by atoms with E-state index in [9.17, 15) is 4.39 Å². The SMILES string of the molecule is NC(=S)NCCOc1ccccc1F. The number of hydrogen-bond donors (Lipinski definition) is 2. The van der Waals surface area contributed by atoms with Gasteiger partial charge in [0.15, 0.2) is 16.7 Å². The summed E-state index contributed by atoms with van der Waals surface area (Å²) in [5.41, 5.74) is 5.19. The molecular weight excluding hydrogens is 203 g/mol. The van der Waals surface area contributed by atoms with Gasteiger partial charge in [0.1, 0.15) is 6.61 Å². The average Bonchev–Trinajstić information content (AvgIpc) is 2.15. The maximum atomic E-state index is 13.0. The van der Waals surface area contributed by atoms with E-state index in [2.05, 4.69) is 17.5 Å². The molecule has 0 radical (unpaired) electrons. The molecular formula is C9H11FN2OS. The van der Waals surface area contributed by atoms with E-state index in [0.29, 0.717) is 13.2 Å². The minimum Gasteiger partial charge on any atom is -0.489 e. The number of rotatable bonds is 4. The number of ether oxygens (including phenoxy) is 1. The molecule has 1 aromatic carbocycles. The summed E-state index contributed by atoms with van der Waals surface area (Å²) in [7, 11) is 0. The van der Waals surface area contributed by atoms with Gasteiger partial charge in [0.2, 0.25) is 0 Å². The third kappa shape index (κ3) is 3.57. The van der Waals surface area contributed by atoms with Crippen LogP contribution in [0, 0.1) is 5.82 Å². The van der Waals surface area contributed by atoms with Crippen LogP contribution in [-0.4, -0.2) is 18.3 Å². The van der Waals surface area contributed by atoms with Crippen molar-refractivity contribution >= 4 is 17.3 Å². The lowest BCUT2D eigenvalue weighted by atomic mass is 10.3. The molecule has 0 atom stereocenters. The van der Waals surface area contributed by atoms with Gasteiger partial charge in [-0.2, -0.15) is 0 Å². The molecule has 14 heavy (non-hydrogen) atoms. The van der Waals surface area contributed by atoms with E-state index in [4.69, 9.17) is 10.5 Å². The molecule has 0 unspecified atom stereocenters. The van der Waals surface area contributed by atoms with Gasteiger partial charge >= 0.3 is 0 Å². The number of para-hydroxylation sites is 1. The van der Waals surface area contributed by atoms with Crippen molar-refractivity contribution < 1.29 is 9.13 Å². The lowest BCUT2D eigenvalue weighted by molar-refractivity contribution is 0.306. The summed E-state index contributed by atoms with van der Waals surface area (Å²) in [5, 5.41) is 2.91. The lowest BCUT2D eigenvalue weighted by Gasteiger charge is -2.07. The molecule has 76 valence electrons. The van der Waals surface area contributed by atoms with Gasteiger partial charge < -0.3 is 15.8 Å². The predicted molar refractivity (Wildman–Crippen MR) is 56.7 cm³/mol. The van der Waals surface area contributed by atoms with Crippen LogP contribution in [0.1, 0.15) is 0 Å². The van der Waals surface area contributed by atoms with Gasteiger partial charge in [0, 0.05) is 0 Å². The summed E-state index contributed by atoms with van der Waals surface area (Å²) in [4.78, 5) is 0. The summed E-state index contributed by atoms with van der Waals surface area (Å²) in [6, 6.07) is 6.22. The zero-order valence-corrected chi connectivity index (χ0v) is 8.31. The fourth-order valence-corrected chi connectivity index (χ4v) is 0.999. The Balaban J connectivity index is 2.31. The van der Waals surface area contributed by atoms with Crippen molar-refractivity contribution in [3.05, 3.63) is 30.1 Å². The summed E-state index contributed by atoms with van der Waals surface area (Å²) < 4.78 is 18.1.